The molecule has 0 aromatic heterocycles. The number of hydrogen-bond donors (Lipinski definition) is 1. The summed E-state index contributed by atoms with van der Waals surface area (Å²) in [6.45, 7) is 0.251. The van der Waals surface area contributed by atoms with Gasteiger partial charge in [-0.2, -0.15) is 0 Å². The molecule has 0 radical (unpaired) electrons. The van der Waals surface area contributed by atoms with Crippen LogP contribution >= 0.6 is 0 Å². The molecule has 0 saturated heterocycles. The minimum Gasteiger partial charge on any atom is -0.493 e. The maximum Gasteiger partial charge on any atom is 0.508 e. The van der Waals surface area contributed by atoms with Crippen LogP contribution in [-0.2, 0) is 38.9 Å². The molecule has 2 N–H and O–H groups in total. The highest BCUT2D eigenvalue weighted by atomic mass is 16.7. The van der Waals surface area contributed by atoms with Crippen LogP contribution in [0.5, 0.6) is 11.5 Å². The number of ketones is 1. The number of carbonyl (C=O) groups excluding carboxylic acids is 2. The van der Waals surface area contributed by atoms with Gasteiger partial charge in [-0.3, -0.25) is 4.79 Å². The lowest BCUT2D eigenvalue weighted by molar-refractivity contribution is -0.188. The molecule has 38 heavy (non-hydrogen) atoms. The van der Waals surface area contributed by atoms with Crippen LogP contribution in [0.2, 0.25) is 0 Å². The summed E-state index contributed by atoms with van der Waals surface area (Å²) >= 11 is 0. The van der Waals surface area contributed by atoms with Crippen molar-refractivity contribution in [2.75, 3.05) is 13.7 Å². The second kappa shape index (κ2) is 8.60. The van der Waals surface area contributed by atoms with Crippen LogP contribution in [0.4, 0.5) is 4.79 Å². The third kappa shape index (κ3) is 3.17. The first-order valence-electron chi connectivity index (χ1n) is 13.7. The Kier molecular flexibility index (Phi) is 5.38. The molecule has 1 heterocycles. The van der Waals surface area contributed by atoms with Crippen LogP contribution in [-0.4, -0.2) is 43.4 Å². The Hall–Kier alpha value is -3.32. The zero-order valence-corrected chi connectivity index (χ0v) is 21.7. The number of benzene rings is 2. The fourth-order valence-corrected chi connectivity index (χ4v) is 8.16. The SMILES string of the molecule is COc1ccc2c3c1OC1C(=O)CCC4(OC(=O)OCCC5=CCc6ccccc6C5)C(C2)C(N)CCC314. The van der Waals surface area contributed by atoms with Crippen molar-refractivity contribution in [3.8, 4) is 11.5 Å². The third-order valence-electron chi connectivity index (χ3n) is 9.83. The first kappa shape index (κ1) is 23.8. The lowest BCUT2D eigenvalue weighted by atomic mass is 9.44. The van der Waals surface area contributed by atoms with Gasteiger partial charge in [-0.15, -0.1) is 0 Å². The summed E-state index contributed by atoms with van der Waals surface area (Å²) in [5.74, 6) is 1.15. The highest BCUT2D eigenvalue weighted by Crippen LogP contribution is 2.68. The molecule has 0 amide bonds. The minimum absolute atomic E-state index is 0.0439. The highest BCUT2D eigenvalue weighted by Gasteiger charge is 2.75. The molecule has 2 fully saturated rings. The molecule has 1 aliphatic heterocycles. The summed E-state index contributed by atoms with van der Waals surface area (Å²) in [5.41, 5.74) is 11.0. The molecule has 4 aliphatic carbocycles. The lowest BCUT2D eigenvalue weighted by Gasteiger charge is -2.62. The normalized spacial score (nSPS) is 31.9. The average molecular weight is 516 g/mol. The van der Waals surface area contributed by atoms with E-state index in [1.807, 2.05) is 12.1 Å². The van der Waals surface area contributed by atoms with Crippen molar-refractivity contribution in [3.63, 3.8) is 0 Å². The molecule has 2 saturated carbocycles. The summed E-state index contributed by atoms with van der Waals surface area (Å²) in [6.07, 6.45) is 6.01. The Labute approximate surface area is 222 Å². The van der Waals surface area contributed by atoms with Gasteiger partial charge in [0.1, 0.15) is 5.60 Å². The van der Waals surface area contributed by atoms with E-state index in [1.165, 1.54) is 16.7 Å². The summed E-state index contributed by atoms with van der Waals surface area (Å²) in [7, 11) is 1.60. The van der Waals surface area contributed by atoms with Gasteiger partial charge in [-0.25, -0.2) is 4.79 Å². The van der Waals surface area contributed by atoms with E-state index in [1.54, 1.807) is 7.11 Å². The van der Waals surface area contributed by atoms with Crippen molar-refractivity contribution in [2.24, 2.45) is 11.7 Å². The number of methoxy groups -OCH3 is 1. The molecule has 5 unspecified atom stereocenters. The van der Waals surface area contributed by atoms with Crippen LogP contribution in [0.25, 0.3) is 0 Å². The molecule has 198 valence electrons. The summed E-state index contributed by atoms with van der Waals surface area (Å²) in [5, 5.41) is 0. The lowest BCUT2D eigenvalue weighted by Crippen LogP contribution is -2.74. The average Bonchev–Trinajstić information content (AvgIpc) is 3.28. The van der Waals surface area contributed by atoms with E-state index in [-0.39, 0.29) is 30.8 Å². The second-order valence-electron chi connectivity index (χ2n) is 11.4. The molecule has 2 bridgehead atoms. The van der Waals surface area contributed by atoms with Crippen LogP contribution < -0.4 is 15.2 Å². The molecule has 5 atom stereocenters. The molecular formula is C31H33NO6. The largest absolute Gasteiger partial charge is 0.508 e. The Balaban J connectivity index is 1.16. The van der Waals surface area contributed by atoms with Gasteiger partial charge in [0.05, 0.1) is 19.1 Å². The van der Waals surface area contributed by atoms with Crippen molar-refractivity contribution in [1.29, 1.82) is 0 Å². The Morgan fingerprint density at radius 1 is 1.13 bits per heavy atom. The number of allylic oxidation sites excluding steroid dienone is 1. The van der Waals surface area contributed by atoms with Crippen LogP contribution in [0.3, 0.4) is 0 Å². The Morgan fingerprint density at radius 3 is 2.82 bits per heavy atom. The predicted molar refractivity (Wildman–Crippen MR) is 139 cm³/mol. The molecule has 2 aromatic carbocycles. The smallest absolute Gasteiger partial charge is 0.493 e. The maximum atomic E-state index is 13.3. The van der Waals surface area contributed by atoms with Gasteiger partial charge in [0.15, 0.2) is 23.4 Å². The predicted octanol–water partition coefficient (Wildman–Crippen LogP) is 4.36. The molecule has 7 heteroatoms. The van der Waals surface area contributed by atoms with Crippen molar-refractivity contribution >= 4 is 11.9 Å². The van der Waals surface area contributed by atoms with E-state index in [2.05, 4.69) is 30.3 Å². The van der Waals surface area contributed by atoms with Crippen molar-refractivity contribution < 1.29 is 28.5 Å². The quantitative estimate of drug-likeness (QED) is 0.467. The van der Waals surface area contributed by atoms with E-state index in [0.29, 0.717) is 37.2 Å². The molecular weight excluding hydrogens is 482 g/mol. The zero-order valence-electron chi connectivity index (χ0n) is 21.7. The first-order valence-corrected chi connectivity index (χ1v) is 13.7. The summed E-state index contributed by atoms with van der Waals surface area (Å²) < 4.78 is 24.1. The third-order valence-corrected chi connectivity index (χ3v) is 9.83. The standard InChI is InChI=1S/C31H33NO6/c1-35-25-9-8-21-17-22-23(32)10-13-30-26(21)27(25)37-28(30)24(33)11-14-31(22,30)38-29(34)36-15-12-18-6-7-19-4-2-3-5-20(19)16-18/h2-6,8-9,22-23,28H,7,10-17,32H2,1H3. The highest BCUT2D eigenvalue weighted by molar-refractivity contribution is 5.90. The second-order valence-corrected chi connectivity index (χ2v) is 11.4. The topological polar surface area (TPSA) is 97.1 Å². The van der Waals surface area contributed by atoms with E-state index in [0.717, 1.165) is 30.4 Å². The molecule has 7 rings (SSSR count). The van der Waals surface area contributed by atoms with Crippen LogP contribution in [0.1, 0.15) is 54.4 Å². The number of ether oxygens (including phenoxy) is 4. The number of nitrogens with two attached hydrogens (primary N) is 1. The molecule has 5 aliphatic rings. The number of fused-ring (bicyclic) bond motifs is 1. The summed E-state index contributed by atoms with van der Waals surface area (Å²) in [4.78, 5) is 26.6. The van der Waals surface area contributed by atoms with E-state index in [4.69, 9.17) is 24.7 Å². The fourth-order valence-electron chi connectivity index (χ4n) is 8.16. The fraction of sp³-hybridized carbons (Fsp3) is 0.484. The zero-order chi connectivity index (χ0) is 26.1. The van der Waals surface area contributed by atoms with E-state index < -0.39 is 23.3 Å². The van der Waals surface area contributed by atoms with Gasteiger partial charge in [-0.05, 0) is 61.3 Å². The minimum atomic E-state index is -0.950. The monoisotopic (exact) mass is 515 g/mol. The van der Waals surface area contributed by atoms with E-state index >= 15 is 0 Å². The van der Waals surface area contributed by atoms with Crippen LogP contribution in [0, 0.1) is 5.92 Å². The number of carbonyl (C=O) groups is 2. The molecule has 2 aromatic rings. The van der Waals surface area contributed by atoms with Crippen molar-refractivity contribution in [1.82, 2.24) is 0 Å². The molecule has 1 spiro atoms. The Bertz CT molecular complexity index is 1370. The van der Waals surface area contributed by atoms with Crippen molar-refractivity contribution in [3.05, 3.63) is 70.3 Å². The number of Topliss-reactive ketones (excluding diaryl/α,β-unsaturated/α-hetero) is 1. The van der Waals surface area contributed by atoms with Gasteiger partial charge in [0, 0.05) is 30.4 Å². The summed E-state index contributed by atoms with van der Waals surface area (Å²) in [6, 6.07) is 12.3. The van der Waals surface area contributed by atoms with Crippen LogP contribution in [0.15, 0.2) is 48.0 Å². The first-order chi connectivity index (χ1) is 18.5. The Morgan fingerprint density at radius 2 is 1.97 bits per heavy atom. The van der Waals surface area contributed by atoms with E-state index in [9.17, 15) is 9.59 Å². The van der Waals surface area contributed by atoms with Gasteiger partial charge >= 0.3 is 6.16 Å². The van der Waals surface area contributed by atoms with Gasteiger partial charge in [0.25, 0.3) is 0 Å². The maximum absolute atomic E-state index is 13.3. The van der Waals surface area contributed by atoms with Gasteiger partial charge in [0.2, 0.25) is 0 Å². The molecule has 7 nitrogen and oxygen atoms in total. The van der Waals surface area contributed by atoms with Gasteiger partial charge in [-0.1, -0.05) is 42.0 Å². The number of hydrogen-bond acceptors (Lipinski definition) is 7. The number of rotatable bonds is 5. The van der Waals surface area contributed by atoms with Crippen molar-refractivity contribution in [2.45, 2.75) is 74.5 Å². The van der Waals surface area contributed by atoms with Gasteiger partial charge < -0.3 is 24.7 Å².